The summed E-state index contributed by atoms with van der Waals surface area (Å²) in [4.78, 5) is 14.3. The molecule has 0 radical (unpaired) electrons. The highest BCUT2D eigenvalue weighted by atomic mass is 32.1. The van der Waals surface area contributed by atoms with E-state index >= 15 is 0 Å². The van der Waals surface area contributed by atoms with Crippen LogP contribution in [-0.2, 0) is 0 Å². The maximum atomic E-state index is 4.52. The lowest BCUT2D eigenvalue weighted by molar-refractivity contribution is 0.581. The van der Waals surface area contributed by atoms with Crippen LogP contribution in [0.2, 0.25) is 0 Å². The van der Waals surface area contributed by atoms with Gasteiger partial charge in [-0.1, -0.05) is 0 Å². The lowest BCUT2D eigenvalue weighted by atomic mass is 10.5. The molecular formula is C12H19N5S. The van der Waals surface area contributed by atoms with Gasteiger partial charge in [0.05, 0.1) is 5.00 Å². The van der Waals surface area contributed by atoms with Crippen molar-refractivity contribution in [2.45, 2.75) is 20.0 Å². The van der Waals surface area contributed by atoms with Gasteiger partial charge in [0.1, 0.15) is 6.17 Å². The van der Waals surface area contributed by atoms with Crippen molar-refractivity contribution in [2.75, 3.05) is 26.0 Å². The van der Waals surface area contributed by atoms with Crippen LogP contribution in [0.4, 0.5) is 5.00 Å². The molecule has 0 spiro atoms. The van der Waals surface area contributed by atoms with Crippen LogP contribution < -0.4 is 10.2 Å². The van der Waals surface area contributed by atoms with Crippen molar-refractivity contribution in [1.82, 2.24) is 10.2 Å². The topological polar surface area (TPSA) is 43.2 Å². The molecule has 0 amide bonds. The first-order valence-electron chi connectivity index (χ1n) is 5.87. The first kappa shape index (κ1) is 12.9. The second-order valence-electron chi connectivity index (χ2n) is 4.50. The Kier molecular flexibility index (Phi) is 3.56. The molecule has 1 aliphatic rings. The Morgan fingerprint density at radius 3 is 2.39 bits per heavy atom. The molecule has 5 nitrogen and oxygen atoms in total. The quantitative estimate of drug-likeness (QED) is 0.840. The smallest absolute Gasteiger partial charge is 0.207 e. The Balaban J connectivity index is 2.19. The number of hydrogen-bond donors (Lipinski definition) is 1. The predicted molar refractivity (Wildman–Crippen MR) is 78.6 cm³/mol. The summed E-state index contributed by atoms with van der Waals surface area (Å²) in [6.45, 7) is 4.09. The molecule has 0 saturated heterocycles. The summed E-state index contributed by atoms with van der Waals surface area (Å²) in [5.41, 5.74) is 0. The lowest BCUT2D eigenvalue weighted by Crippen LogP contribution is -2.50. The van der Waals surface area contributed by atoms with E-state index < -0.39 is 0 Å². The van der Waals surface area contributed by atoms with Crippen molar-refractivity contribution in [1.29, 1.82) is 0 Å². The molecule has 1 unspecified atom stereocenters. The van der Waals surface area contributed by atoms with Gasteiger partial charge in [-0.05, 0) is 26.0 Å². The number of aryl methyl sites for hydroxylation is 1. The van der Waals surface area contributed by atoms with Gasteiger partial charge in [-0.3, -0.25) is 5.32 Å². The number of hydrogen-bond acceptors (Lipinski definition) is 6. The van der Waals surface area contributed by atoms with E-state index in [4.69, 9.17) is 0 Å². The van der Waals surface area contributed by atoms with E-state index in [0.29, 0.717) is 0 Å². The van der Waals surface area contributed by atoms with Crippen molar-refractivity contribution >= 4 is 28.3 Å². The highest BCUT2D eigenvalue weighted by molar-refractivity contribution is 7.16. The van der Waals surface area contributed by atoms with Crippen molar-refractivity contribution < 1.29 is 0 Å². The molecule has 0 saturated carbocycles. The summed E-state index contributed by atoms with van der Waals surface area (Å²) in [7, 11) is 5.95. The molecule has 1 aliphatic heterocycles. The van der Waals surface area contributed by atoms with Crippen molar-refractivity contribution in [2.24, 2.45) is 9.98 Å². The third-order valence-corrected chi connectivity index (χ3v) is 3.72. The average Bonchev–Trinajstić information content (AvgIpc) is 2.74. The second kappa shape index (κ2) is 4.97. The number of guanidine groups is 2. The monoisotopic (exact) mass is 265 g/mol. The molecule has 1 atom stereocenters. The SMILES string of the molecule is Cc1ccc(N(C)C2=NC(C)N=C(N(C)C)N2)s1. The highest BCUT2D eigenvalue weighted by Crippen LogP contribution is 2.24. The zero-order valence-electron chi connectivity index (χ0n) is 11.4. The van der Waals surface area contributed by atoms with Gasteiger partial charge in [-0.15, -0.1) is 11.3 Å². The number of rotatable bonds is 1. The number of aliphatic imine (C=N–C) groups is 2. The molecule has 18 heavy (non-hydrogen) atoms. The Morgan fingerprint density at radius 2 is 1.83 bits per heavy atom. The van der Waals surface area contributed by atoms with E-state index in [1.165, 1.54) is 9.88 Å². The lowest BCUT2D eigenvalue weighted by Gasteiger charge is -2.28. The van der Waals surface area contributed by atoms with E-state index in [1.54, 1.807) is 11.3 Å². The van der Waals surface area contributed by atoms with E-state index in [2.05, 4.69) is 39.3 Å². The molecule has 0 fully saturated rings. The van der Waals surface area contributed by atoms with Crippen LogP contribution in [0.25, 0.3) is 0 Å². The van der Waals surface area contributed by atoms with E-state index in [9.17, 15) is 0 Å². The molecule has 0 aliphatic carbocycles. The molecule has 0 aromatic carbocycles. The zero-order valence-corrected chi connectivity index (χ0v) is 12.2. The molecular weight excluding hydrogens is 246 g/mol. The van der Waals surface area contributed by atoms with E-state index in [-0.39, 0.29) is 6.17 Å². The van der Waals surface area contributed by atoms with Gasteiger partial charge in [0.15, 0.2) is 0 Å². The largest absolute Gasteiger partial charge is 0.349 e. The van der Waals surface area contributed by atoms with Crippen molar-refractivity contribution in [3.63, 3.8) is 0 Å². The van der Waals surface area contributed by atoms with E-state index in [1.807, 2.05) is 33.0 Å². The van der Waals surface area contributed by atoms with Crippen LogP contribution in [-0.4, -0.2) is 44.1 Å². The Morgan fingerprint density at radius 1 is 1.17 bits per heavy atom. The third-order valence-electron chi connectivity index (χ3n) is 2.64. The highest BCUT2D eigenvalue weighted by Gasteiger charge is 2.19. The average molecular weight is 265 g/mol. The second-order valence-corrected chi connectivity index (χ2v) is 5.77. The number of anilines is 1. The van der Waals surface area contributed by atoms with Crippen LogP contribution >= 0.6 is 11.3 Å². The molecule has 98 valence electrons. The van der Waals surface area contributed by atoms with E-state index in [0.717, 1.165) is 11.9 Å². The molecule has 2 heterocycles. The summed E-state index contributed by atoms with van der Waals surface area (Å²) >= 11 is 1.75. The van der Waals surface area contributed by atoms with Crippen LogP contribution in [0, 0.1) is 6.92 Å². The first-order valence-corrected chi connectivity index (χ1v) is 6.69. The fraction of sp³-hybridized carbons (Fsp3) is 0.500. The van der Waals surface area contributed by atoms with Gasteiger partial charge >= 0.3 is 0 Å². The summed E-state index contributed by atoms with van der Waals surface area (Å²) in [5, 5.41) is 4.42. The van der Waals surface area contributed by atoms with Crippen LogP contribution in [0.3, 0.4) is 0 Å². The third kappa shape index (κ3) is 2.64. The minimum absolute atomic E-state index is 0.0536. The minimum Gasteiger partial charge on any atom is -0.349 e. The fourth-order valence-corrected chi connectivity index (χ4v) is 2.48. The van der Waals surface area contributed by atoms with Crippen LogP contribution in [0.1, 0.15) is 11.8 Å². The Bertz CT molecular complexity index is 488. The van der Waals surface area contributed by atoms with Gasteiger partial charge < -0.3 is 9.80 Å². The molecule has 0 bridgehead atoms. The van der Waals surface area contributed by atoms with Gasteiger partial charge in [0, 0.05) is 26.0 Å². The van der Waals surface area contributed by atoms with Crippen LogP contribution in [0.15, 0.2) is 22.1 Å². The minimum atomic E-state index is -0.0536. The Hall–Kier alpha value is -1.56. The molecule has 6 heteroatoms. The number of thiophene rings is 1. The van der Waals surface area contributed by atoms with Crippen molar-refractivity contribution in [3.05, 3.63) is 17.0 Å². The summed E-state index contributed by atoms with van der Waals surface area (Å²) in [5.74, 6) is 1.68. The predicted octanol–water partition coefficient (Wildman–Crippen LogP) is 1.72. The summed E-state index contributed by atoms with van der Waals surface area (Å²) in [6, 6.07) is 4.22. The van der Waals surface area contributed by atoms with Crippen LogP contribution in [0.5, 0.6) is 0 Å². The van der Waals surface area contributed by atoms with Gasteiger partial charge in [0.25, 0.3) is 0 Å². The molecule has 1 aromatic heterocycles. The number of nitrogens with one attached hydrogen (secondary N) is 1. The normalized spacial score (nSPS) is 18.8. The van der Waals surface area contributed by atoms with Gasteiger partial charge in [-0.25, -0.2) is 9.98 Å². The zero-order chi connectivity index (χ0) is 13.3. The summed E-state index contributed by atoms with van der Waals surface area (Å²) < 4.78 is 0. The van der Waals surface area contributed by atoms with Crippen molar-refractivity contribution in [3.8, 4) is 0 Å². The molecule has 1 N–H and O–H groups in total. The molecule has 1 aromatic rings. The fourth-order valence-electron chi connectivity index (χ4n) is 1.65. The maximum Gasteiger partial charge on any atom is 0.207 e. The standard InChI is InChI=1S/C12H19N5S/c1-8-6-7-10(18-8)17(5)12-14-9(2)13-11(15-12)16(3)4/h6-7,9H,1-5H3,(H,13,14,15). The van der Waals surface area contributed by atoms with Gasteiger partial charge in [0.2, 0.25) is 11.9 Å². The number of nitrogens with zero attached hydrogens (tertiary/aromatic N) is 4. The first-order chi connectivity index (χ1) is 8.47. The molecule has 2 rings (SSSR count). The maximum absolute atomic E-state index is 4.52. The van der Waals surface area contributed by atoms with Gasteiger partial charge in [-0.2, -0.15) is 0 Å². The Labute approximate surface area is 112 Å². The summed E-state index contributed by atoms with van der Waals surface area (Å²) in [6.07, 6.45) is -0.0536.